The van der Waals surface area contributed by atoms with Crippen molar-refractivity contribution in [1.29, 1.82) is 0 Å². The van der Waals surface area contributed by atoms with Crippen LogP contribution in [0.1, 0.15) is 55.3 Å². The summed E-state index contributed by atoms with van der Waals surface area (Å²) in [6.45, 7) is 9.01. The zero-order chi connectivity index (χ0) is 22.5. The van der Waals surface area contributed by atoms with Crippen LogP contribution in [0.5, 0.6) is 0 Å². The summed E-state index contributed by atoms with van der Waals surface area (Å²) in [4.78, 5) is 17.9. The maximum atomic E-state index is 13.2. The van der Waals surface area contributed by atoms with Crippen LogP contribution in [0.3, 0.4) is 0 Å². The Balaban J connectivity index is 1.52. The first-order valence-electron chi connectivity index (χ1n) is 12.1. The molecule has 2 saturated heterocycles. The van der Waals surface area contributed by atoms with Crippen molar-refractivity contribution in [2.45, 2.75) is 51.6 Å². The lowest BCUT2D eigenvalue weighted by Gasteiger charge is -2.45. The molecule has 0 radical (unpaired) electrons. The first-order valence-corrected chi connectivity index (χ1v) is 12.5. The summed E-state index contributed by atoms with van der Waals surface area (Å²) in [6.07, 6.45) is 3.93. The van der Waals surface area contributed by atoms with Crippen LogP contribution in [-0.2, 0) is 4.79 Å². The Bertz CT molecular complexity index is 831. The van der Waals surface area contributed by atoms with Gasteiger partial charge in [0.15, 0.2) is 0 Å². The number of carbonyl (C=O) groups is 1. The maximum absolute atomic E-state index is 13.2. The van der Waals surface area contributed by atoms with Crippen molar-refractivity contribution in [2.24, 2.45) is 5.92 Å². The Morgan fingerprint density at radius 1 is 1.03 bits per heavy atom. The third kappa shape index (κ3) is 5.54. The summed E-state index contributed by atoms with van der Waals surface area (Å²) in [7, 11) is 0. The molecule has 2 unspecified atom stereocenters. The van der Waals surface area contributed by atoms with Crippen molar-refractivity contribution in [3.05, 3.63) is 70.2 Å². The minimum absolute atomic E-state index is 0.170. The molecule has 2 fully saturated rings. The molecule has 0 aromatic heterocycles. The molecule has 4 nitrogen and oxygen atoms in total. The van der Waals surface area contributed by atoms with Crippen LogP contribution in [-0.4, -0.2) is 54.5 Å². The molecule has 4 rings (SSSR count). The number of amides is 1. The van der Waals surface area contributed by atoms with Crippen LogP contribution in [0, 0.1) is 12.8 Å². The monoisotopic (exact) mass is 453 g/mol. The number of hydrogen-bond acceptors (Lipinski definition) is 3. The molecular weight excluding hydrogens is 418 g/mol. The van der Waals surface area contributed by atoms with E-state index in [9.17, 15) is 4.79 Å². The molecule has 0 saturated carbocycles. The minimum atomic E-state index is 0.170. The van der Waals surface area contributed by atoms with Crippen LogP contribution >= 0.6 is 11.6 Å². The molecule has 172 valence electrons. The average Bonchev–Trinajstić information content (AvgIpc) is 2.82. The van der Waals surface area contributed by atoms with E-state index in [2.05, 4.69) is 65.4 Å². The molecular formula is C27H36ClN3O. The van der Waals surface area contributed by atoms with E-state index in [-0.39, 0.29) is 12.1 Å². The van der Waals surface area contributed by atoms with Gasteiger partial charge in [0.05, 0.1) is 6.04 Å². The number of carbonyl (C=O) groups excluding carboxylic acids is 1. The zero-order valence-electron chi connectivity index (χ0n) is 19.4. The minimum Gasteiger partial charge on any atom is -0.337 e. The summed E-state index contributed by atoms with van der Waals surface area (Å²) in [5.41, 5.74) is 3.81. The summed E-state index contributed by atoms with van der Waals surface area (Å²) in [5, 5.41) is 4.16. The number of piperazine rings is 1. The number of piperidine rings is 1. The van der Waals surface area contributed by atoms with Crippen molar-refractivity contribution < 1.29 is 4.79 Å². The van der Waals surface area contributed by atoms with E-state index in [0.717, 1.165) is 57.0 Å². The van der Waals surface area contributed by atoms with E-state index < -0.39 is 0 Å². The highest BCUT2D eigenvalue weighted by molar-refractivity contribution is 6.30. The summed E-state index contributed by atoms with van der Waals surface area (Å²) in [6, 6.07) is 17.5. The van der Waals surface area contributed by atoms with Gasteiger partial charge < -0.3 is 10.2 Å². The van der Waals surface area contributed by atoms with E-state index in [1.807, 2.05) is 12.1 Å². The fraction of sp³-hybridized carbons (Fsp3) is 0.519. The van der Waals surface area contributed by atoms with Gasteiger partial charge in [-0.15, -0.1) is 0 Å². The van der Waals surface area contributed by atoms with Crippen molar-refractivity contribution in [3.63, 3.8) is 0 Å². The van der Waals surface area contributed by atoms with E-state index in [4.69, 9.17) is 11.6 Å². The van der Waals surface area contributed by atoms with Gasteiger partial charge in [-0.1, -0.05) is 60.5 Å². The maximum Gasteiger partial charge on any atom is 0.223 e. The summed E-state index contributed by atoms with van der Waals surface area (Å²) < 4.78 is 0. The Morgan fingerprint density at radius 2 is 1.66 bits per heavy atom. The fourth-order valence-electron chi connectivity index (χ4n) is 5.25. The van der Waals surface area contributed by atoms with Crippen LogP contribution < -0.4 is 5.32 Å². The van der Waals surface area contributed by atoms with Crippen molar-refractivity contribution >= 4 is 17.5 Å². The van der Waals surface area contributed by atoms with E-state index >= 15 is 0 Å². The predicted octanol–water partition coefficient (Wildman–Crippen LogP) is 5.05. The molecule has 5 heteroatoms. The number of benzene rings is 2. The second-order valence-electron chi connectivity index (χ2n) is 9.41. The highest BCUT2D eigenvalue weighted by Gasteiger charge is 2.34. The SMILES string of the molecule is CCC1CN(C(c2ccc(C)cc2)c2ccc(Cl)cc2)CCN1C(=O)CC1CCNCC1. The lowest BCUT2D eigenvalue weighted by molar-refractivity contribution is -0.137. The van der Waals surface area contributed by atoms with Gasteiger partial charge in [0.25, 0.3) is 0 Å². The van der Waals surface area contributed by atoms with Gasteiger partial charge in [0, 0.05) is 37.1 Å². The highest BCUT2D eigenvalue weighted by Crippen LogP contribution is 2.32. The smallest absolute Gasteiger partial charge is 0.223 e. The second-order valence-corrected chi connectivity index (χ2v) is 9.84. The molecule has 32 heavy (non-hydrogen) atoms. The van der Waals surface area contributed by atoms with Crippen molar-refractivity contribution in [1.82, 2.24) is 15.1 Å². The first kappa shape index (κ1) is 23.3. The fourth-order valence-corrected chi connectivity index (χ4v) is 5.38. The van der Waals surface area contributed by atoms with Gasteiger partial charge >= 0.3 is 0 Å². The number of halogens is 1. The lowest BCUT2D eigenvalue weighted by Crippen LogP contribution is -2.56. The molecule has 0 spiro atoms. The molecule has 2 heterocycles. The van der Waals surface area contributed by atoms with E-state index in [1.54, 1.807) is 0 Å². The molecule has 2 atom stereocenters. The first-order chi connectivity index (χ1) is 15.5. The summed E-state index contributed by atoms with van der Waals surface area (Å²) >= 11 is 6.19. The van der Waals surface area contributed by atoms with Gasteiger partial charge in [-0.3, -0.25) is 9.69 Å². The number of nitrogens with one attached hydrogen (secondary N) is 1. The molecule has 1 amide bonds. The van der Waals surface area contributed by atoms with Gasteiger partial charge in [-0.25, -0.2) is 0 Å². The number of nitrogens with zero attached hydrogens (tertiary/aromatic N) is 2. The second kappa shape index (κ2) is 10.8. The standard InChI is InChI=1S/C27H36ClN3O/c1-3-25-19-30(16-17-31(25)26(32)18-21-12-14-29-15-13-21)27(22-6-4-20(2)5-7-22)23-8-10-24(28)11-9-23/h4-11,21,25,27,29H,3,12-19H2,1-2H3. The van der Waals surface area contributed by atoms with Gasteiger partial charge in [0.1, 0.15) is 0 Å². The predicted molar refractivity (Wildman–Crippen MR) is 132 cm³/mol. The molecule has 0 aliphatic carbocycles. The Morgan fingerprint density at radius 3 is 2.28 bits per heavy atom. The molecule has 2 aliphatic heterocycles. The molecule has 2 aromatic rings. The van der Waals surface area contributed by atoms with Gasteiger partial charge in [-0.2, -0.15) is 0 Å². The largest absolute Gasteiger partial charge is 0.337 e. The summed E-state index contributed by atoms with van der Waals surface area (Å²) in [5.74, 6) is 0.885. The normalized spacial score (nSPS) is 21.5. The lowest BCUT2D eigenvalue weighted by atomic mass is 9.92. The van der Waals surface area contributed by atoms with E-state index in [1.165, 1.54) is 16.7 Å². The zero-order valence-corrected chi connectivity index (χ0v) is 20.2. The molecule has 1 N–H and O–H groups in total. The quantitative estimate of drug-likeness (QED) is 0.664. The number of rotatable bonds is 6. The van der Waals surface area contributed by atoms with Gasteiger partial charge in [-0.05, 0) is 68.5 Å². The number of hydrogen-bond donors (Lipinski definition) is 1. The Hall–Kier alpha value is -1.88. The van der Waals surface area contributed by atoms with E-state index in [0.29, 0.717) is 18.2 Å². The molecule has 0 bridgehead atoms. The van der Waals surface area contributed by atoms with Crippen LogP contribution in [0.15, 0.2) is 48.5 Å². The van der Waals surface area contributed by atoms with Crippen LogP contribution in [0.4, 0.5) is 0 Å². The molecule has 2 aliphatic rings. The molecule has 2 aromatic carbocycles. The Kier molecular flexibility index (Phi) is 7.88. The topological polar surface area (TPSA) is 35.6 Å². The van der Waals surface area contributed by atoms with Crippen LogP contribution in [0.2, 0.25) is 5.02 Å². The average molecular weight is 454 g/mol. The number of aryl methyl sites for hydroxylation is 1. The van der Waals surface area contributed by atoms with Gasteiger partial charge in [0.2, 0.25) is 5.91 Å². The third-order valence-corrected chi connectivity index (χ3v) is 7.42. The van der Waals surface area contributed by atoms with Crippen molar-refractivity contribution in [3.8, 4) is 0 Å². The third-order valence-electron chi connectivity index (χ3n) is 7.17. The van der Waals surface area contributed by atoms with Crippen molar-refractivity contribution in [2.75, 3.05) is 32.7 Å². The Labute approximate surface area is 197 Å². The van der Waals surface area contributed by atoms with Crippen LogP contribution in [0.25, 0.3) is 0 Å². The highest BCUT2D eigenvalue weighted by atomic mass is 35.5.